The van der Waals surface area contributed by atoms with Crippen molar-refractivity contribution in [3.05, 3.63) is 11.8 Å². The Balaban J connectivity index is 2.26. The lowest BCUT2D eigenvalue weighted by atomic mass is 9.92. The molecule has 1 aromatic heterocycles. The average Bonchev–Trinajstić information content (AvgIpc) is 2.89. The summed E-state index contributed by atoms with van der Waals surface area (Å²) in [7, 11) is 0. The molecule has 0 radical (unpaired) electrons. The normalized spacial score (nSPS) is 13.7. The van der Waals surface area contributed by atoms with Gasteiger partial charge in [0, 0.05) is 18.2 Å². The van der Waals surface area contributed by atoms with Crippen LogP contribution in [0.15, 0.2) is 6.07 Å². The second kappa shape index (κ2) is 8.44. The Morgan fingerprint density at radius 3 is 2.62 bits per heavy atom. The number of hydrogen-bond acceptors (Lipinski definition) is 5. The maximum absolute atomic E-state index is 11.5. The van der Waals surface area contributed by atoms with Crippen LogP contribution in [0, 0.1) is 5.92 Å². The molecule has 2 unspecified atom stereocenters. The molecule has 1 rings (SSSR count). The van der Waals surface area contributed by atoms with Gasteiger partial charge < -0.3 is 10.5 Å². The molecule has 0 aliphatic rings. The zero-order valence-corrected chi connectivity index (χ0v) is 13.0. The number of nitrogen functional groups attached to an aromatic ring is 1. The Morgan fingerprint density at radius 1 is 1.33 bits per heavy atom. The number of anilines is 1. The predicted octanol–water partition coefficient (Wildman–Crippen LogP) is 2.42. The number of ether oxygens (including phenoxy) is 1. The van der Waals surface area contributed by atoms with Gasteiger partial charge >= 0.3 is 5.97 Å². The number of Topliss-reactive ketones (excluding diaryl/α,β-unsaturated/α-hetero) is 1. The first-order valence-electron chi connectivity index (χ1n) is 7.44. The molecule has 6 nitrogen and oxygen atoms in total. The van der Waals surface area contributed by atoms with E-state index >= 15 is 0 Å². The van der Waals surface area contributed by atoms with E-state index in [1.165, 1.54) is 0 Å². The zero-order valence-electron chi connectivity index (χ0n) is 13.0. The molecular formula is C15H25N3O3. The molecule has 1 aromatic rings. The van der Waals surface area contributed by atoms with Crippen molar-refractivity contribution in [1.82, 2.24) is 10.2 Å². The number of nitrogens with one attached hydrogen (secondary N) is 1. The minimum absolute atomic E-state index is 0.241. The number of nitrogens with two attached hydrogens (primary N) is 1. The van der Waals surface area contributed by atoms with E-state index in [1.54, 1.807) is 6.92 Å². The maximum Gasteiger partial charge on any atom is 0.374 e. The van der Waals surface area contributed by atoms with Gasteiger partial charge in [-0.15, -0.1) is 0 Å². The SMILES string of the molecule is CCOC(=O)C(=O)CCC(C)CCC(C)c1cc(N)n[nH]1. The van der Waals surface area contributed by atoms with Crippen LogP contribution in [0.4, 0.5) is 5.82 Å². The Labute approximate surface area is 125 Å². The molecule has 0 spiro atoms. The largest absolute Gasteiger partial charge is 0.460 e. The first kappa shape index (κ1) is 17.2. The standard InChI is InChI=1S/C15H25N3O3/c1-4-21-15(20)13(19)8-6-10(2)5-7-11(3)12-9-14(16)18-17-12/h9-11H,4-8H2,1-3H3,(H3,16,17,18). The first-order chi connectivity index (χ1) is 9.93. The highest BCUT2D eigenvalue weighted by Gasteiger charge is 2.17. The van der Waals surface area contributed by atoms with Crippen molar-refractivity contribution in [1.29, 1.82) is 0 Å². The van der Waals surface area contributed by atoms with Crippen molar-refractivity contribution < 1.29 is 14.3 Å². The summed E-state index contributed by atoms with van der Waals surface area (Å²) in [6.45, 7) is 6.14. The molecule has 3 N–H and O–H groups in total. The van der Waals surface area contributed by atoms with Crippen LogP contribution in [0.2, 0.25) is 0 Å². The van der Waals surface area contributed by atoms with Crippen LogP contribution in [0.3, 0.4) is 0 Å². The average molecular weight is 295 g/mol. The topological polar surface area (TPSA) is 98.1 Å². The number of ketones is 1. The van der Waals surface area contributed by atoms with Gasteiger partial charge in [0.05, 0.1) is 6.61 Å². The quantitative estimate of drug-likeness (QED) is 0.538. The van der Waals surface area contributed by atoms with E-state index in [-0.39, 0.29) is 13.0 Å². The van der Waals surface area contributed by atoms with Crippen molar-refractivity contribution >= 4 is 17.6 Å². The van der Waals surface area contributed by atoms with Crippen LogP contribution >= 0.6 is 0 Å². The number of nitrogens with zero attached hydrogens (tertiary/aromatic N) is 1. The molecule has 0 saturated heterocycles. The van der Waals surface area contributed by atoms with Crippen LogP contribution < -0.4 is 5.73 Å². The number of carbonyl (C=O) groups excluding carboxylic acids is 2. The molecular weight excluding hydrogens is 270 g/mol. The van der Waals surface area contributed by atoms with Gasteiger partial charge in [0.2, 0.25) is 5.78 Å². The third-order valence-corrected chi connectivity index (χ3v) is 3.61. The van der Waals surface area contributed by atoms with Crippen LogP contribution in [0.5, 0.6) is 0 Å². The summed E-state index contributed by atoms with van der Waals surface area (Å²) in [6, 6.07) is 1.85. The van der Waals surface area contributed by atoms with Crippen LogP contribution in [-0.4, -0.2) is 28.6 Å². The Morgan fingerprint density at radius 2 is 2.05 bits per heavy atom. The molecule has 2 atom stereocenters. The van der Waals surface area contributed by atoms with Gasteiger partial charge in [-0.05, 0) is 31.6 Å². The molecule has 0 aliphatic heterocycles. The van der Waals surface area contributed by atoms with Crippen molar-refractivity contribution in [2.24, 2.45) is 5.92 Å². The molecule has 118 valence electrons. The molecule has 0 amide bonds. The monoisotopic (exact) mass is 295 g/mol. The van der Waals surface area contributed by atoms with Crippen molar-refractivity contribution in [3.63, 3.8) is 0 Å². The zero-order chi connectivity index (χ0) is 15.8. The second-order valence-corrected chi connectivity index (χ2v) is 5.51. The van der Waals surface area contributed by atoms with Crippen LogP contribution in [0.1, 0.15) is 58.1 Å². The molecule has 1 heterocycles. The highest BCUT2D eigenvalue weighted by Crippen LogP contribution is 2.24. The lowest BCUT2D eigenvalue weighted by Gasteiger charge is -2.14. The van der Waals surface area contributed by atoms with Gasteiger partial charge in [0.25, 0.3) is 0 Å². The fourth-order valence-corrected chi connectivity index (χ4v) is 2.13. The minimum Gasteiger partial charge on any atom is -0.460 e. The van der Waals surface area contributed by atoms with E-state index < -0.39 is 11.8 Å². The summed E-state index contributed by atoms with van der Waals surface area (Å²) >= 11 is 0. The maximum atomic E-state index is 11.5. The Hall–Kier alpha value is -1.85. The highest BCUT2D eigenvalue weighted by atomic mass is 16.5. The lowest BCUT2D eigenvalue weighted by Crippen LogP contribution is -2.17. The number of aromatic amines is 1. The Kier molecular flexibility index (Phi) is 6.91. The van der Waals surface area contributed by atoms with E-state index in [9.17, 15) is 9.59 Å². The van der Waals surface area contributed by atoms with Crippen molar-refractivity contribution in [3.8, 4) is 0 Å². The van der Waals surface area contributed by atoms with E-state index in [0.717, 1.165) is 18.5 Å². The van der Waals surface area contributed by atoms with E-state index in [2.05, 4.69) is 28.8 Å². The smallest absolute Gasteiger partial charge is 0.374 e. The number of aromatic nitrogens is 2. The fourth-order valence-electron chi connectivity index (χ4n) is 2.13. The van der Waals surface area contributed by atoms with E-state index in [4.69, 9.17) is 5.73 Å². The molecule has 0 saturated carbocycles. The fraction of sp³-hybridized carbons (Fsp3) is 0.667. The molecule has 6 heteroatoms. The summed E-state index contributed by atoms with van der Waals surface area (Å²) in [5.74, 6) is 0.0816. The minimum atomic E-state index is -0.717. The van der Waals surface area contributed by atoms with E-state index in [0.29, 0.717) is 24.1 Å². The summed E-state index contributed by atoms with van der Waals surface area (Å²) in [5, 5.41) is 6.84. The van der Waals surface area contributed by atoms with E-state index in [1.807, 2.05) is 6.07 Å². The molecule has 0 aromatic carbocycles. The molecule has 0 bridgehead atoms. The van der Waals surface area contributed by atoms with Gasteiger partial charge in [0.15, 0.2) is 0 Å². The number of esters is 1. The number of H-pyrrole nitrogens is 1. The Bertz CT molecular complexity index is 470. The third kappa shape index (κ3) is 5.97. The van der Waals surface area contributed by atoms with Gasteiger partial charge in [0.1, 0.15) is 5.82 Å². The lowest BCUT2D eigenvalue weighted by molar-refractivity contribution is -0.153. The molecule has 0 aliphatic carbocycles. The highest BCUT2D eigenvalue weighted by molar-refractivity contribution is 6.33. The third-order valence-electron chi connectivity index (χ3n) is 3.61. The molecule has 21 heavy (non-hydrogen) atoms. The summed E-state index contributed by atoms with van der Waals surface area (Å²) in [5.41, 5.74) is 6.61. The summed E-state index contributed by atoms with van der Waals surface area (Å²) in [4.78, 5) is 22.7. The van der Waals surface area contributed by atoms with Crippen molar-refractivity contribution in [2.75, 3.05) is 12.3 Å². The van der Waals surface area contributed by atoms with Gasteiger partial charge in [-0.2, -0.15) is 5.10 Å². The van der Waals surface area contributed by atoms with Crippen LogP contribution in [0.25, 0.3) is 0 Å². The van der Waals surface area contributed by atoms with Crippen LogP contribution in [-0.2, 0) is 14.3 Å². The van der Waals surface area contributed by atoms with Crippen molar-refractivity contribution in [2.45, 2.75) is 52.4 Å². The number of hydrogen-bond donors (Lipinski definition) is 2. The van der Waals surface area contributed by atoms with Gasteiger partial charge in [-0.3, -0.25) is 9.89 Å². The number of rotatable bonds is 9. The second-order valence-electron chi connectivity index (χ2n) is 5.51. The van der Waals surface area contributed by atoms with Gasteiger partial charge in [-0.25, -0.2) is 4.79 Å². The number of carbonyl (C=O) groups is 2. The molecule has 0 fully saturated rings. The predicted molar refractivity (Wildman–Crippen MR) is 80.7 cm³/mol. The summed E-state index contributed by atoms with van der Waals surface area (Å²) in [6.07, 6.45) is 2.92. The first-order valence-corrected chi connectivity index (χ1v) is 7.44. The summed E-state index contributed by atoms with van der Waals surface area (Å²) < 4.78 is 4.68. The van der Waals surface area contributed by atoms with Gasteiger partial charge in [-0.1, -0.05) is 20.3 Å².